The van der Waals surface area contributed by atoms with E-state index in [9.17, 15) is 8.42 Å². The average Bonchev–Trinajstić information content (AvgIpc) is 2.97. The van der Waals surface area contributed by atoms with Crippen LogP contribution in [0, 0.1) is 6.92 Å². The number of rotatable bonds is 5. The van der Waals surface area contributed by atoms with Gasteiger partial charge >= 0.3 is 0 Å². The second-order valence-corrected chi connectivity index (χ2v) is 7.60. The van der Waals surface area contributed by atoms with E-state index in [0.717, 1.165) is 16.8 Å². The first kappa shape index (κ1) is 16.5. The van der Waals surface area contributed by atoms with Gasteiger partial charge in [0.15, 0.2) is 0 Å². The van der Waals surface area contributed by atoms with E-state index >= 15 is 0 Å². The Bertz CT molecular complexity index is 975. The zero-order valence-electron chi connectivity index (χ0n) is 13.9. The molecule has 5 nitrogen and oxygen atoms in total. The van der Waals surface area contributed by atoms with Gasteiger partial charge in [-0.1, -0.05) is 24.3 Å². The SMILES string of the molecule is Cc1ccc(CNS(=O)(=O)c2cccc3c(N(C)C)cccc23)o1. The molecule has 0 radical (unpaired) electrons. The van der Waals surface area contributed by atoms with Crippen molar-refractivity contribution in [2.75, 3.05) is 19.0 Å². The van der Waals surface area contributed by atoms with Crippen LogP contribution in [0.15, 0.2) is 57.8 Å². The molecule has 0 atom stereocenters. The fourth-order valence-electron chi connectivity index (χ4n) is 2.71. The van der Waals surface area contributed by atoms with Crippen molar-refractivity contribution in [3.05, 3.63) is 60.1 Å². The van der Waals surface area contributed by atoms with Crippen molar-refractivity contribution in [2.24, 2.45) is 0 Å². The summed E-state index contributed by atoms with van der Waals surface area (Å²) < 4.78 is 33.5. The number of nitrogens with one attached hydrogen (secondary N) is 1. The van der Waals surface area contributed by atoms with Crippen molar-refractivity contribution in [2.45, 2.75) is 18.4 Å². The Morgan fingerprint density at radius 2 is 1.71 bits per heavy atom. The van der Waals surface area contributed by atoms with E-state index in [0.29, 0.717) is 11.1 Å². The maximum atomic E-state index is 12.7. The lowest BCUT2D eigenvalue weighted by Gasteiger charge is -2.17. The standard InChI is InChI=1S/C18H20N2O3S/c1-13-10-11-14(23-13)12-19-24(21,22)18-9-5-6-15-16(18)7-4-8-17(15)20(2)3/h4-11,19H,12H2,1-3H3. The van der Waals surface area contributed by atoms with E-state index in [1.165, 1.54) is 0 Å². The number of benzene rings is 2. The topological polar surface area (TPSA) is 62.6 Å². The van der Waals surface area contributed by atoms with Crippen molar-refractivity contribution in [1.29, 1.82) is 0 Å². The molecule has 0 fully saturated rings. The largest absolute Gasteiger partial charge is 0.465 e. The first-order valence-corrected chi connectivity index (χ1v) is 9.11. The number of sulfonamides is 1. The molecule has 3 rings (SSSR count). The second-order valence-electron chi connectivity index (χ2n) is 5.86. The number of fused-ring (bicyclic) bond motifs is 1. The van der Waals surface area contributed by atoms with Gasteiger partial charge in [-0.05, 0) is 31.2 Å². The monoisotopic (exact) mass is 344 g/mol. The zero-order valence-corrected chi connectivity index (χ0v) is 14.7. The number of aryl methyl sites for hydroxylation is 1. The van der Waals surface area contributed by atoms with Crippen molar-refractivity contribution in [3.63, 3.8) is 0 Å². The fourth-order valence-corrected chi connectivity index (χ4v) is 3.93. The molecule has 0 spiro atoms. The lowest BCUT2D eigenvalue weighted by atomic mass is 10.1. The van der Waals surface area contributed by atoms with Gasteiger partial charge < -0.3 is 9.32 Å². The van der Waals surface area contributed by atoms with E-state index < -0.39 is 10.0 Å². The predicted octanol–water partition coefficient (Wildman–Crippen LogP) is 3.29. The molecule has 126 valence electrons. The average molecular weight is 344 g/mol. The molecule has 2 aromatic carbocycles. The third-order valence-corrected chi connectivity index (χ3v) is 5.32. The summed E-state index contributed by atoms with van der Waals surface area (Å²) in [7, 11) is 0.229. The highest BCUT2D eigenvalue weighted by Gasteiger charge is 2.18. The Morgan fingerprint density at radius 1 is 1.00 bits per heavy atom. The van der Waals surface area contributed by atoms with Crippen LogP contribution in [-0.2, 0) is 16.6 Å². The lowest BCUT2D eigenvalue weighted by Crippen LogP contribution is -2.23. The smallest absolute Gasteiger partial charge is 0.241 e. The minimum atomic E-state index is -3.65. The predicted molar refractivity (Wildman–Crippen MR) is 95.7 cm³/mol. The molecule has 24 heavy (non-hydrogen) atoms. The first-order chi connectivity index (χ1) is 11.4. The summed E-state index contributed by atoms with van der Waals surface area (Å²) in [5.74, 6) is 1.34. The van der Waals surface area contributed by atoms with Crippen molar-refractivity contribution < 1.29 is 12.8 Å². The molecule has 0 saturated carbocycles. The Hall–Kier alpha value is -2.31. The normalized spacial score (nSPS) is 11.8. The van der Waals surface area contributed by atoms with Gasteiger partial charge in [0.2, 0.25) is 10.0 Å². The molecule has 0 aliphatic heterocycles. The summed E-state index contributed by atoms with van der Waals surface area (Å²) in [4.78, 5) is 2.24. The summed E-state index contributed by atoms with van der Waals surface area (Å²) in [5, 5.41) is 1.60. The molecule has 1 aromatic heterocycles. The molecular formula is C18H20N2O3S. The number of nitrogens with zero attached hydrogens (tertiary/aromatic N) is 1. The maximum absolute atomic E-state index is 12.7. The van der Waals surface area contributed by atoms with Crippen LogP contribution in [0.25, 0.3) is 10.8 Å². The third-order valence-electron chi connectivity index (χ3n) is 3.86. The van der Waals surface area contributed by atoms with Crippen molar-refractivity contribution in [1.82, 2.24) is 4.72 Å². The zero-order chi connectivity index (χ0) is 17.3. The summed E-state index contributed by atoms with van der Waals surface area (Å²) >= 11 is 0. The third kappa shape index (κ3) is 3.16. The summed E-state index contributed by atoms with van der Waals surface area (Å²) in [6.45, 7) is 1.95. The quantitative estimate of drug-likeness (QED) is 0.771. The second kappa shape index (κ2) is 6.30. The van der Waals surface area contributed by atoms with Gasteiger partial charge in [0.1, 0.15) is 11.5 Å². The minimum absolute atomic E-state index is 0.125. The maximum Gasteiger partial charge on any atom is 0.241 e. The van der Waals surface area contributed by atoms with Crippen LogP contribution in [-0.4, -0.2) is 22.5 Å². The molecule has 0 aliphatic carbocycles. The van der Waals surface area contributed by atoms with Crippen LogP contribution < -0.4 is 9.62 Å². The van der Waals surface area contributed by atoms with E-state index in [1.807, 2.05) is 56.3 Å². The van der Waals surface area contributed by atoms with Crippen LogP contribution in [0.1, 0.15) is 11.5 Å². The van der Waals surface area contributed by atoms with Gasteiger partial charge in [0.25, 0.3) is 0 Å². The molecule has 0 bridgehead atoms. The van der Waals surface area contributed by atoms with Gasteiger partial charge in [-0.2, -0.15) is 0 Å². The van der Waals surface area contributed by atoms with Crippen molar-refractivity contribution >= 4 is 26.5 Å². The molecule has 3 aromatic rings. The van der Waals surface area contributed by atoms with Gasteiger partial charge in [0, 0.05) is 30.6 Å². The lowest BCUT2D eigenvalue weighted by molar-refractivity contribution is 0.475. The Morgan fingerprint density at radius 3 is 2.38 bits per heavy atom. The summed E-state index contributed by atoms with van der Waals surface area (Å²) in [6.07, 6.45) is 0. The molecule has 1 heterocycles. The Kier molecular flexibility index (Phi) is 4.34. The molecule has 0 unspecified atom stereocenters. The van der Waals surface area contributed by atoms with E-state index in [1.54, 1.807) is 18.2 Å². The Balaban J connectivity index is 2.00. The number of anilines is 1. The van der Waals surface area contributed by atoms with Crippen LogP contribution in [0.2, 0.25) is 0 Å². The summed E-state index contributed by atoms with van der Waals surface area (Å²) in [6, 6.07) is 14.6. The van der Waals surface area contributed by atoms with E-state index in [-0.39, 0.29) is 11.4 Å². The van der Waals surface area contributed by atoms with Gasteiger partial charge in [-0.3, -0.25) is 0 Å². The van der Waals surface area contributed by atoms with Gasteiger partial charge in [-0.25, -0.2) is 13.1 Å². The first-order valence-electron chi connectivity index (χ1n) is 7.62. The van der Waals surface area contributed by atoms with E-state index in [4.69, 9.17) is 4.42 Å². The highest BCUT2D eigenvalue weighted by Crippen LogP contribution is 2.30. The summed E-state index contributed by atoms with van der Waals surface area (Å²) in [5.41, 5.74) is 0.978. The molecule has 0 aliphatic rings. The fraction of sp³-hybridized carbons (Fsp3) is 0.222. The highest BCUT2D eigenvalue weighted by atomic mass is 32.2. The highest BCUT2D eigenvalue weighted by molar-refractivity contribution is 7.89. The number of hydrogen-bond donors (Lipinski definition) is 1. The van der Waals surface area contributed by atoms with Gasteiger partial charge in [-0.15, -0.1) is 0 Å². The van der Waals surface area contributed by atoms with Crippen LogP contribution in [0.5, 0.6) is 0 Å². The minimum Gasteiger partial charge on any atom is -0.465 e. The molecule has 1 N–H and O–H groups in total. The van der Waals surface area contributed by atoms with Crippen molar-refractivity contribution in [3.8, 4) is 0 Å². The molecule has 6 heteroatoms. The molecule has 0 saturated heterocycles. The molecular weight excluding hydrogens is 324 g/mol. The van der Waals surface area contributed by atoms with Crippen LogP contribution in [0.3, 0.4) is 0 Å². The van der Waals surface area contributed by atoms with E-state index in [2.05, 4.69) is 4.72 Å². The van der Waals surface area contributed by atoms with Crippen LogP contribution in [0.4, 0.5) is 5.69 Å². The van der Waals surface area contributed by atoms with Crippen LogP contribution >= 0.6 is 0 Å². The molecule has 0 amide bonds. The Labute approximate surface area is 141 Å². The van der Waals surface area contributed by atoms with Gasteiger partial charge in [0.05, 0.1) is 11.4 Å². The number of furan rings is 1. The number of hydrogen-bond acceptors (Lipinski definition) is 4.